The topological polar surface area (TPSA) is 146 Å². The monoisotopic (exact) mass is 631 g/mol. The minimum atomic E-state index is -4.76. The smallest absolute Gasteiger partial charge is 0.416 e. The highest BCUT2D eigenvalue weighted by atomic mass is 32.2. The maximum atomic E-state index is 13.2. The fraction of sp³-hybridized carbons (Fsp3) is 0.517. The number of unbranched alkanes of at least 4 members (excludes halogenated alkanes) is 1. The van der Waals surface area contributed by atoms with E-state index in [1.165, 1.54) is 6.07 Å². The van der Waals surface area contributed by atoms with Gasteiger partial charge >= 0.3 is 18.2 Å². The number of nitrogen functional groups attached to an aromatic ring is 1. The molecule has 1 amide bonds. The van der Waals surface area contributed by atoms with Crippen molar-refractivity contribution < 1.29 is 45.4 Å². The Morgan fingerprint density at radius 3 is 2.16 bits per heavy atom. The fourth-order valence-corrected chi connectivity index (χ4v) is 4.88. The van der Waals surface area contributed by atoms with E-state index in [1.807, 2.05) is 0 Å². The molecule has 2 aromatic rings. The van der Waals surface area contributed by atoms with Crippen LogP contribution in [0.2, 0.25) is 0 Å². The van der Waals surface area contributed by atoms with Gasteiger partial charge in [-0.15, -0.1) is 0 Å². The predicted molar refractivity (Wildman–Crippen MR) is 155 cm³/mol. The van der Waals surface area contributed by atoms with Crippen LogP contribution in [0.5, 0.6) is 5.75 Å². The molecule has 2 rings (SSSR count). The summed E-state index contributed by atoms with van der Waals surface area (Å²) in [5, 5.41) is 2.66. The molecule has 0 aliphatic carbocycles. The molecule has 0 radical (unpaired) electrons. The molecule has 240 valence electrons. The molecule has 0 heterocycles. The number of nitrogens with two attached hydrogens (primary N) is 1. The van der Waals surface area contributed by atoms with E-state index in [1.54, 1.807) is 53.7 Å². The van der Waals surface area contributed by atoms with E-state index in [9.17, 15) is 31.2 Å². The number of carbonyl (C=O) groups excluding carboxylic acids is 2. The highest BCUT2D eigenvalue weighted by molar-refractivity contribution is 7.89. The Hall–Kier alpha value is -3.52. The molecule has 0 bridgehead atoms. The van der Waals surface area contributed by atoms with Crippen LogP contribution in [0.15, 0.2) is 47.4 Å². The van der Waals surface area contributed by atoms with E-state index in [0.717, 1.165) is 18.2 Å². The van der Waals surface area contributed by atoms with Gasteiger partial charge in [-0.1, -0.05) is 12.1 Å². The number of halogens is 3. The molecule has 0 saturated carbocycles. The van der Waals surface area contributed by atoms with Crippen molar-refractivity contribution in [3.63, 3.8) is 0 Å². The zero-order valence-electron chi connectivity index (χ0n) is 25.1. The number of sulfonamides is 1. The first-order valence-electron chi connectivity index (χ1n) is 13.6. The van der Waals surface area contributed by atoms with Crippen molar-refractivity contribution in [1.82, 2.24) is 10.0 Å². The number of hydrogen-bond donors (Lipinski definition) is 3. The maximum Gasteiger partial charge on any atom is 0.416 e. The number of alkyl carbamates (subject to hydrolysis) is 1. The molecule has 0 aliphatic rings. The number of rotatable bonds is 12. The van der Waals surface area contributed by atoms with Crippen LogP contribution in [0.25, 0.3) is 0 Å². The Morgan fingerprint density at radius 1 is 0.930 bits per heavy atom. The van der Waals surface area contributed by atoms with Gasteiger partial charge in [0.15, 0.2) is 0 Å². The van der Waals surface area contributed by atoms with Crippen LogP contribution in [0.4, 0.5) is 23.7 Å². The van der Waals surface area contributed by atoms with Gasteiger partial charge in [-0.05, 0) is 96.7 Å². The average molecular weight is 632 g/mol. The van der Waals surface area contributed by atoms with Crippen LogP contribution in [0.1, 0.15) is 65.5 Å². The molecule has 0 unspecified atom stereocenters. The number of carbonyl (C=O) groups is 2. The van der Waals surface area contributed by atoms with Crippen LogP contribution in [-0.2, 0) is 36.9 Å². The minimum Gasteiger partial charge on any atom is -0.491 e. The summed E-state index contributed by atoms with van der Waals surface area (Å²) in [5.74, 6) is -0.552. The standard InChI is InChI=1S/C29H40F3N3O7S/c1-27(2,3)41-25(36)23(35-43(38,39)21-11-9-10-20(18-21)29(30,31)32)17-19-12-13-24(22(33)16-19)40-15-8-7-14-34-26(37)42-28(4,5)6/h9-13,16,18,23,35H,7-8,14-15,17,33H2,1-6H3,(H,34,37)/t23-/m0/s1. The second-order valence-electron chi connectivity index (χ2n) is 11.8. The minimum absolute atomic E-state index is 0.200. The lowest BCUT2D eigenvalue weighted by Crippen LogP contribution is -2.45. The third-order valence-corrected chi connectivity index (χ3v) is 6.94. The molecule has 14 heteroatoms. The molecular weight excluding hydrogens is 591 g/mol. The number of benzene rings is 2. The van der Waals surface area contributed by atoms with Crippen LogP contribution in [0.3, 0.4) is 0 Å². The van der Waals surface area contributed by atoms with Gasteiger partial charge in [0.05, 0.1) is 22.8 Å². The summed E-state index contributed by atoms with van der Waals surface area (Å²) in [7, 11) is -4.56. The predicted octanol–water partition coefficient (Wildman–Crippen LogP) is 5.20. The molecule has 0 aliphatic heterocycles. The van der Waals surface area contributed by atoms with Crippen LogP contribution >= 0.6 is 0 Å². The van der Waals surface area contributed by atoms with Crippen molar-refractivity contribution in [1.29, 1.82) is 0 Å². The normalized spacial score (nSPS) is 13.2. The number of nitrogens with one attached hydrogen (secondary N) is 2. The van der Waals surface area contributed by atoms with Crippen molar-refractivity contribution >= 4 is 27.8 Å². The van der Waals surface area contributed by atoms with E-state index >= 15 is 0 Å². The molecule has 0 saturated heterocycles. The zero-order valence-corrected chi connectivity index (χ0v) is 25.9. The van der Waals surface area contributed by atoms with Crippen molar-refractivity contribution in [3.05, 3.63) is 53.6 Å². The summed E-state index contributed by atoms with van der Waals surface area (Å²) in [4.78, 5) is 24.0. The van der Waals surface area contributed by atoms with E-state index in [0.29, 0.717) is 43.4 Å². The van der Waals surface area contributed by atoms with Crippen LogP contribution in [0, 0.1) is 0 Å². The van der Waals surface area contributed by atoms with Crippen LogP contribution in [-0.4, -0.2) is 50.9 Å². The SMILES string of the molecule is CC(C)(C)OC(=O)NCCCCOc1ccc(C[C@H](NS(=O)(=O)c2cccc(C(F)(F)F)c2)C(=O)OC(C)(C)C)cc1N. The first kappa shape index (κ1) is 35.7. The second kappa shape index (κ2) is 14.3. The Kier molecular flexibility index (Phi) is 11.9. The largest absolute Gasteiger partial charge is 0.491 e. The summed E-state index contributed by atoms with van der Waals surface area (Å²) in [6.07, 6.45) is -4.23. The van der Waals surface area contributed by atoms with Gasteiger partial charge in [0, 0.05) is 6.54 Å². The number of esters is 1. The van der Waals surface area contributed by atoms with E-state index < -0.39 is 56.0 Å². The quantitative estimate of drug-likeness (QED) is 0.165. The molecule has 2 aromatic carbocycles. The summed E-state index contributed by atoms with van der Waals surface area (Å²) in [6, 6.07) is 6.41. The lowest BCUT2D eigenvalue weighted by Gasteiger charge is -2.25. The number of anilines is 1. The van der Waals surface area contributed by atoms with Gasteiger partial charge < -0.3 is 25.3 Å². The van der Waals surface area contributed by atoms with Crippen molar-refractivity contribution in [2.45, 2.75) is 89.1 Å². The Morgan fingerprint density at radius 2 is 1.58 bits per heavy atom. The highest BCUT2D eigenvalue weighted by Gasteiger charge is 2.34. The third-order valence-electron chi connectivity index (χ3n) is 5.47. The Balaban J connectivity index is 2.09. The number of amides is 1. The number of ether oxygens (including phenoxy) is 3. The first-order chi connectivity index (χ1) is 19.7. The van der Waals surface area contributed by atoms with Crippen molar-refractivity contribution in [2.75, 3.05) is 18.9 Å². The highest BCUT2D eigenvalue weighted by Crippen LogP contribution is 2.31. The number of alkyl halides is 3. The van der Waals surface area contributed by atoms with E-state index in [4.69, 9.17) is 19.9 Å². The van der Waals surface area contributed by atoms with Crippen LogP contribution < -0.4 is 20.5 Å². The molecule has 4 N–H and O–H groups in total. The van der Waals surface area contributed by atoms with Gasteiger partial charge in [-0.3, -0.25) is 4.79 Å². The molecule has 43 heavy (non-hydrogen) atoms. The third kappa shape index (κ3) is 12.7. The first-order valence-corrected chi connectivity index (χ1v) is 15.1. The molecule has 10 nitrogen and oxygen atoms in total. The molecular formula is C29H40F3N3O7S. The summed E-state index contributed by atoms with van der Waals surface area (Å²) in [5.41, 5.74) is 4.12. The van der Waals surface area contributed by atoms with Gasteiger partial charge in [0.2, 0.25) is 10.0 Å². The Bertz CT molecular complexity index is 1370. The second-order valence-corrected chi connectivity index (χ2v) is 13.5. The molecule has 0 spiro atoms. The molecule has 0 aromatic heterocycles. The van der Waals surface area contributed by atoms with E-state index in [2.05, 4.69) is 10.0 Å². The number of hydrogen-bond acceptors (Lipinski definition) is 8. The zero-order chi connectivity index (χ0) is 32.6. The molecule has 0 fully saturated rings. The molecule has 1 atom stereocenters. The lowest BCUT2D eigenvalue weighted by atomic mass is 10.1. The van der Waals surface area contributed by atoms with Gasteiger partial charge in [-0.2, -0.15) is 17.9 Å². The lowest BCUT2D eigenvalue weighted by molar-refractivity contribution is -0.157. The van der Waals surface area contributed by atoms with Gasteiger partial charge in [0.1, 0.15) is 23.0 Å². The average Bonchev–Trinajstić information content (AvgIpc) is 2.84. The van der Waals surface area contributed by atoms with Crippen molar-refractivity contribution in [2.24, 2.45) is 0 Å². The Labute approximate surface area is 250 Å². The van der Waals surface area contributed by atoms with Gasteiger partial charge in [-0.25, -0.2) is 13.2 Å². The summed E-state index contributed by atoms with van der Waals surface area (Å²) < 4.78 is 84.0. The summed E-state index contributed by atoms with van der Waals surface area (Å²) >= 11 is 0. The summed E-state index contributed by atoms with van der Waals surface area (Å²) in [6.45, 7) is 10.8. The van der Waals surface area contributed by atoms with Gasteiger partial charge in [0.25, 0.3) is 0 Å². The maximum absolute atomic E-state index is 13.2. The van der Waals surface area contributed by atoms with E-state index in [-0.39, 0.29) is 12.1 Å². The van der Waals surface area contributed by atoms with Crippen molar-refractivity contribution in [3.8, 4) is 5.75 Å². The fourth-order valence-electron chi connectivity index (χ4n) is 3.65.